The fourth-order valence-electron chi connectivity index (χ4n) is 2.13. The van der Waals surface area contributed by atoms with Gasteiger partial charge in [0.1, 0.15) is 0 Å². The molecule has 0 unspecified atom stereocenters. The lowest BCUT2D eigenvalue weighted by Gasteiger charge is -2.08. The third-order valence-electron chi connectivity index (χ3n) is 3.31. The van der Waals surface area contributed by atoms with E-state index in [0.717, 1.165) is 24.8 Å². The third-order valence-corrected chi connectivity index (χ3v) is 3.31. The summed E-state index contributed by atoms with van der Waals surface area (Å²) in [6.45, 7) is 2.11. The minimum Gasteiger partial charge on any atom is -0.494 e. The predicted molar refractivity (Wildman–Crippen MR) is 76.9 cm³/mol. The molecule has 1 aliphatic carbocycles. The molecule has 0 atom stereocenters. The van der Waals surface area contributed by atoms with Crippen LogP contribution < -0.4 is 4.74 Å². The molecule has 0 bridgehead atoms. The molecule has 19 heavy (non-hydrogen) atoms. The van der Waals surface area contributed by atoms with Crippen LogP contribution in [0.15, 0.2) is 53.6 Å². The van der Waals surface area contributed by atoms with Crippen LogP contribution in [0.25, 0.3) is 0 Å². The van der Waals surface area contributed by atoms with Crippen LogP contribution in [0.2, 0.25) is 0 Å². The SMILES string of the molecule is COc1cc(C/C=C(\C)C2=CCCC=C2)ccc1F. The van der Waals surface area contributed by atoms with Crippen LogP contribution >= 0.6 is 0 Å². The quantitative estimate of drug-likeness (QED) is 0.767. The Morgan fingerprint density at radius 3 is 2.89 bits per heavy atom. The molecule has 1 aromatic rings. The number of methoxy groups -OCH3 is 1. The molecule has 1 aromatic carbocycles. The molecule has 2 heteroatoms. The summed E-state index contributed by atoms with van der Waals surface area (Å²) in [7, 11) is 1.49. The fourth-order valence-corrected chi connectivity index (χ4v) is 2.13. The molecule has 0 amide bonds. The van der Waals surface area contributed by atoms with E-state index in [4.69, 9.17) is 4.74 Å². The first-order valence-electron chi connectivity index (χ1n) is 6.57. The Morgan fingerprint density at radius 1 is 1.37 bits per heavy atom. The molecule has 1 nitrogen and oxygen atoms in total. The molecule has 0 aromatic heterocycles. The molecule has 100 valence electrons. The van der Waals surface area contributed by atoms with Gasteiger partial charge in [-0.3, -0.25) is 0 Å². The highest BCUT2D eigenvalue weighted by molar-refractivity contribution is 5.41. The van der Waals surface area contributed by atoms with Crippen molar-refractivity contribution in [2.24, 2.45) is 0 Å². The van der Waals surface area contributed by atoms with E-state index in [1.807, 2.05) is 0 Å². The van der Waals surface area contributed by atoms with E-state index in [1.54, 1.807) is 12.1 Å². The van der Waals surface area contributed by atoms with Crippen LogP contribution in [0.3, 0.4) is 0 Å². The van der Waals surface area contributed by atoms with E-state index in [-0.39, 0.29) is 5.82 Å². The van der Waals surface area contributed by atoms with E-state index in [0.29, 0.717) is 5.75 Å². The van der Waals surface area contributed by atoms with Crippen molar-refractivity contribution in [3.63, 3.8) is 0 Å². The van der Waals surface area contributed by atoms with Gasteiger partial charge in [0.2, 0.25) is 0 Å². The van der Waals surface area contributed by atoms with Crippen molar-refractivity contribution >= 4 is 0 Å². The third kappa shape index (κ3) is 3.57. The summed E-state index contributed by atoms with van der Waals surface area (Å²) >= 11 is 0. The highest BCUT2D eigenvalue weighted by atomic mass is 19.1. The molecule has 0 radical (unpaired) electrons. The Hall–Kier alpha value is -1.83. The Morgan fingerprint density at radius 2 is 2.21 bits per heavy atom. The van der Waals surface area contributed by atoms with Crippen LogP contribution in [-0.4, -0.2) is 7.11 Å². The van der Waals surface area contributed by atoms with E-state index in [2.05, 4.69) is 31.2 Å². The van der Waals surface area contributed by atoms with Crippen molar-refractivity contribution in [2.75, 3.05) is 7.11 Å². The molecule has 0 spiro atoms. The molecular weight excluding hydrogens is 239 g/mol. The van der Waals surface area contributed by atoms with E-state index in [9.17, 15) is 4.39 Å². The largest absolute Gasteiger partial charge is 0.494 e. The van der Waals surface area contributed by atoms with Gasteiger partial charge in [0, 0.05) is 0 Å². The summed E-state index contributed by atoms with van der Waals surface area (Å²) in [5, 5.41) is 0. The van der Waals surface area contributed by atoms with Crippen LogP contribution in [-0.2, 0) is 6.42 Å². The number of benzene rings is 1. The average Bonchev–Trinajstić information content (AvgIpc) is 2.47. The summed E-state index contributed by atoms with van der Waals surface area (Å²) < 4.78 is 18.3. The molecule has 0 fully saturated rings. The highest BCUT2D eigenvalue weighted by Gasteiger charge is 2.03. The monoisotopic (exact) mass is 258 g/mol. The lowest BCUT2D eigenvalue weighted by molar-refractivity contribution is 0.386. The zero-order chi connectivity index (χ0) is 13.7. The van der Waals surface area contributed by atoms with Gasteiger partial charge in [-0.05, 0) is 55.0 Å². The van der Waals surface area contributed by atoms with Gasteiger partial charge < -0.3 is 4.74 Å². The Labute approximate surface area is 114 Å². The van der Waals surface area contributed by atoms with Crippen molar-refractivity contribution in [1.82, 2.24) is 0 Å². The first-order valence-corrected chi connectivity index (χ1v) is 6.57. The van der Waals surface area contributed by atoms with Gasteiger partial charge in [0.25, 0.3) is 0 Å². The summed E-state index contributed by atoms with van der Waals surface area (Å²) in [6, 6.07) is 5.01. The van der Waals surface area contributed by atoms with Crippen molar-refractivity contribution in [2.45, 2.75) is 26.2 Å². The first kappa shape index (κ1) is 13.6. The average molecular weight is 258 g/mol. The first-order chi connectivity index (χ1) is 9.20. The maximum absolute atomic E-state index is 13.3. The van der Waals surface area contributed by atoms with Gasteiger partial charge in [-0.15, -0.1) is 0 Å². The molecular formula is C17H19FO. The summed E-state index contributed by atoms with van der Waals surface area (Å²) in [6.07, 6.45) is 11.8. The number of hydrogen-bond donors (Lipinski definition) is 0. The normalized spacial score (nSPS) is 15.3. The summed E-state index contributed by atoms with van der Waals surface area (Å²) in [4.78, 5) is 0. The van der Waals surface area contributed by atoms with Crippen LogP contribution in [0, 0.1) is 5.82 Å². The van der Waals surface area contributed by atoms with Crippen molar-refractivity contribution < 1.29 is 9.13 Å². The van der Waals surface area contributed by atoms with Crippen LogP contribution in [0.5, 0.6) is 5.75 Å². The van der Waals surface area contributed by atoms with E-state index >= 15 is 0 Å². The number of hydrogen-bond acceptors (Lipinski definition) is 1. The number of ether oxygens (including phenoxy) is 1. The lowest BCUT2D eigenvalue weighted by Crippen LogP contribution is -1.92. The maximum Gasteiger partial charge on any atom is 0.165 e. The Kier molecular flexibility index (Phi) is 4.56. The molecule has 0 saturated carbocycles. The van der Waals surface area contributed by atoms with Gasteiger partial charge >= 0.3 is 0 Å². The highest BCUT2D eigenvalue weighted by Crippen LogP contribution is 2.21. The number of halogens is 1. The second kappa shape index (κ2) is 6.37. The summed E-state index contributed by atoms with van der Waals surface area (Å²) in [5.74, 6) is -0.00907. The van der Waals surface area contributed by atoms with Gasteiger partial charge in [-0.25, -0.2) is 4.39 Å². The second-order valence-electron chi connectivity index (χ2n) is 4.70. The number of allylic oxidation sites excluding steroid dienone is 6. The molecule has 2 rings (SSSR count). The Bertz CT molecular complexity index is 538. The molecule has 1 aliphatic rings. The van der Waals surface area contributed by atoms with Crippen molar-refractivity contribution in [3.8, 4) is 5.75 Å². The summed E-state index contributed by atoms with van der Waals surface area (Å²) in [5.41, 5.74) is 3.61. The van der Waals surface area contributed by atoms with Crippen LogP contribution in [0.4, 0.5) is 4.39 Å². The predicted octanol–water partition coefficient (Wildman–Crippen LogP) is 4.60. The maximum atomic E-state index is 13.3. The van der Waals surface area contributed by atoms with Crippen molar-refractivity contribution in [1.29, 1.82) is 0 Å². The minimum atomic E-state index is -0.315. The van der Waals surface area contributed by atoms with Gasteiger partial charge in [-0.1, -0.05) is 30.4 Å². The molecule has 0 aliphatic heterocycles. The smallest absolute Gasteiger partial charge is 0.165 e. The van der Waals surface area contributed by atoms with Crippen molar-refractivity contribution in [3.05, 3.63) is 65.0 Å². The standard InChI is InChI=1S/C17H19FO/c1-13(15-6-4-3-5-7-15)8-9-14-10-11-16(18)17(12-14)19-2/h4,6-8,10-12H,3,5,9H2,1-2H3/b13-8+. The minimum absolute atomic E-state index is 0.306. The topological polar surface area (TPSA) is 9.23 Å². The van der Waals surface area contributed by atoms with Gasteiger partial charge in [0.15, 0.2) is 11.6 Å². The van der Waals surface area contributed by atoms with Gasteiger partial charge in [0.05, 0.1) is 7.11 Å². The zero-order valence-corrected chi connectivity index (χ0v) is 11.4. The van der Waals surface area contributed by atoms with Gasteiger partial charge in [-0.2, -0.15) is 0 Å². The van der Waals surface area contributed by atoms with E-state index in [1.165, 1.54) is 24.3 Å². The molecule has 0 saturated heterocycles. The van der Waals surface area contributed by atoms with Crippen LogP contribution in [0.1, 0.15) is 25.3 Å². The fraction of sp³-hybridized carbons (Fsp3) is 0.294. The molecule has 0 N–H and O–H groups in total. The lowest BCUT2D eigenvalue weighted by atomic mass is 9.99. The Balaban J connectivity index is 2.09. The zero-order valence-electron chi connectivity index (χ0n) is 11.4. The molecule has 0 heterocycles. The number of rotatable bonds is 4. The van der Waals surface area contributed by atoms with E-state index < -0.39 is 0 Å². The second-order valence-corrected chi connectivity index (χ2v) is 4.70.